The van der Waals surface area contributed by atoms with Crippen molar-refractivity contribution >= 4 is 12.0 Å². The number of aliphatic carboxylic acids is 1. The van der Waals surface area contributed by atoms with Crippen LogP contribution in [0.15, 0.2) is 0 Å². The summed E-state index contributed by atoms with van der Waals surface area (Å²) in [6, 6.07) is -0.714. The molecule has 0 unspecified atom stereocenters. The molecule has 0 aromatic rings. The molecule has 0 aliphatic carbocycles. The van der Waals surface area contributed by atoms with E-state index >= 15 is 0 Å². The summed E-state index contributed by atoms with van der Waals surface area (Å²) in [7, 11) is 0. The lowest BCUT2D eigenvalue weighted by Gasteiger charge is -2.31. The SMILES string of the molecule is O=C(O)CCC1CCN(C(=O)NCC(F)(F)F)CC1. The Kier molecular flexibility index (Phi) is 5.44. The highest BCUT2D eigenvalue weighted by Crippen LogP contribution is 2.22. The third kappa shape index (κ3) is 6.30. The fraction of sp³-hybridized carbons (Fsp3) is 0.818. The lowest BCUT2D eigenvalue weighted by Crippen LogP contribution is -2.46. The van der Waals surface area contributed by atoms with E-state index in [1.807, 2.05) is 5.32 Å². The van der Waals surface area contributed by atoms with E-state index in [-0.39, 0.29) is 12.3 Å². The molecule has 1 aliphatic heterocycles. The summed E-state index contributed by atoms with van der Waals surface area (Å²) in [5.74, 6) is -0.631. The minimum atomic E-state index is -4.41. The van der Waals surface area contributed by atoms with Crippen molar-refractivity contribution in [1.82, 2.24) is 10.2 Å². The van der Waals surface area contributed by atoms with E-state index in [1.165, 1.54) is 4.90 Å². The molecule has 0 bridgehead atoms. The van der Waals surface area contributed by atoms with Gasteiger partial charge in [0.15, 0.2) is 0 Å². The molecule has 8 heteroatoms. The minimum Gasteiger partial charge on any atom is -0.481 e. The van der Waals surface area contributed by atoms with Gasteiger partial charge in [-0.1, -0.05) is 0 Å². The Bertz CT molecular complexity index is 326. The molecule has 0 aromatic heterocycles. The Labute approximate surface area is 108 Å². The van der Waals surface area contributed by atoms with Crippen LogP contribution in [0, 0.1) is 5.92 Å². The first kappa shape index (κ1) is 15.6. The molecule has 0 radical (unpaired) electrons. The van der Waals surface area contributed by atoms with E-state index in [4.69, 9.17) is 5.11 Å². The summed E-state index contributed by atoms with van der Waals surface area (Å²) in [5, 5.41) is 10.4. The molecule has 1 heterocycles. The molecular formula is C11H17F3N2O3. The van der Waals surface area contributed by atoms with E-state index in [0.717, 1.165) is 0 Å². The van der Waals surface area contributed by atoms with Crippen LogP contribution in [0.3, 0.4) is 0 Å². The van der Waals surface area contributed by atoms with Crippen LogP contribution in [0.2, 0.25) is 0 Å². The maximum absolute atomic E-state index is 11.9. The third-order valence-corrected chi connectivity index (χ3v) is 3.11. The number of hydrogen-bond acceptors (Lipinski definition) is 2. The highest BCUT2D eigenvalue weighted by molar-refractivity contribution is 5.74. The number of carbonyl (C=O) groups is 2. The molecule has 2 amide bonds. The fourth-order valence-corrected chi connectivity index (χ4v) is 2.04. The number of urea groups is 1. The Morgan fingerprint density at radius 3 is 2.32 bits per heavy atom. The van der Waals surface area contributed by atoms with Gasteiger partial charge < -0.3 is 15.3 Å². The van der Waals surface area contributed by atoms with Gasteiger partial charge in [-0.3, -0.25) is 4.79 Å². The van der Waals surface area contributed by atoms with E-state index in [2.05, 4.69) is 0 Å². The molecule has 5 nitrogen and oxygen atoms in total. The van der Waals surface area contributed by atoms with E-state index in [1.54, 1.807) is 0 Å². The zero-order valence-corrected chi connectivity index (χ0v) is 10.4. The van der Waals surface area contributed by atoms with Crippen LogP contribution in [0.5, 0.6) is 0 Å². The second-order valence-corrected chi connectivity index (χ2v) is 4.64. The molecule has 1 fully saturated rings. The number of piperidine rings is 1. The van der Waals surface area contributed by atoms with Crippen molar-refractivity contribution < 1.29 is 27.9 Å². The Morgan fingerprint density at radius 2 is 1.84 bits per heavy atom. The zero-order chi connectivity index (χ0) is 14.5. The maximum atomic E-state index is 11.9. The van der Waals surface area contributed by atoms with Gasteiger partial charge in [-0.2, -0.15) is 13.2 Å². The van der Waals surface area contributed by atoms with Gasteiger partial charge in [0, 0.05) is 19.5 Å². The van der Waals surface area contributed by atoms with Crippen LogP contribution in [0.4, 0.5) is 18.0 Å². The molecule has 1 saturated heterocycles. The van der Waals surface area contributed by atoms with E-state index < -0.39 is 24.7 Å². The van der Waals surface area contributed by atoms with Crippen LogP contribution >= 0.6 is 0 Å². The van der Waals surface area contributed by atoms with Crippen LogP contribution in [-0.2, 0) is 4.79 Å². The number of carboxylic acid groups (broad SMARTS) is 1. The van der Waals surface area contributed by atoms with Crippen molar-refractivity contribution in [3.05, 3.63) is 0 Å². The van der Waals surface area contributed by atoms with Crippen LogP contribution < -0.4 is 5.32 Å². The van der Waals surface area contributed by atoms with Crippen molar-refractivity contribution in [2.75, 3.05) is 19.6 Å². The number of rotatable bonds is 4. The summed E-state index contributed by atoms with van der Waals surface area (Å²) < 4.78 is 35.8. The van der Waals surface area contributed by atoms with Gasteiger partial charge >= 0.3 is 18.2 Å². The largest absolute Gasteiger partial charge is 0.481 e. The zero-order valence-electron chi connectivity index (χ0n) is 10.4. The van der Waals surface area contributed by atoms with Crippen molar-refractivity contribution in [3.8, 4) is 0 Å². The number of hydrogen-bond donors (Lipinski definition) is 2. The van der Waals surface area contributed by atoms with Crippen molar-refractivity contribution in [2.24, 2.45) is 5.92 Å². The lowest BCUT2D eigenvalue weighted by molar-refractivity contribution is -0.137. The molecular weight excluding hydrogens is 265 g/mol. The molecule has 1 rings (SSSR count). The Hall–Kier alpha value is -1.47. The number of carbonyl (C=O) groups excluding carboxylic acids is 1. The normalized spacial score (nSPS) is 17.3. The average Bonchev–Trinajstić information content (AvgIpc) is 2.33. The highest BCUT2D eigenvalue weighted by Gasteiger charge is 2.30. The summed E-state index contributed by atoms with van der Waals surface area (Å²) in [6.07, 6.45) is -2.51. The monoisotopic (exact) mass is 282 g/mol. The second-order valence-electron chi connectivity index (χ2n) is 4.64. The molecule has 1 aliphatic rings. The summed E-state index contributed by atoms with van der Waals surface area (Å²) in [4.78, 5) is 23.2. The predicted octanol–water partition coefficient (Wildman–Crippen LogP) is 1.84. The van der Waals surface area contributed by atoms with Crippen LogP contribution in [0.1, 0.15) is 25.7 Å². The van der Waals surface area contributed by atoms with Gasteiger partial charge in [0.1, 0.15) is 6.54 Å². The Balaban J connectivity index is 2.25. The Morgan fingerprint density at radius 1 is 1.26 bits per heavy atom. The summed E-state index contributed by atoms with van der Waals surface area (Å²) in [5.41, 5.74) is 0. The minimum absolute atomic E-state index is 0.0882. The average molecular weight is 282 g/mol. The quantitative estimate of drug-likeness (QED) is 0.826. The number of alkyl halides is 3. The van der Waals surface area contributed by atoms with Crippen molar-refractivity contribution in [3.63, 3.8) is 0 Å². The van der Waals surface area contributed by atoms with Crippen molar-refractivity contribution in [2.45, 2.75) is 31.9 Å². The molecule has 0 aromatic carbocycles. The second kappa shape index (κ2) is 6.63. The van der Waals surface area contributed by atoms with Crippen molar-refractivity contribution in [1.29, 1.82) is 0 Å². The van der Waals surface area contributed by atoms with Gasteiger partial charge in [-0.25, -0.2) is 4.79 Å². The third-order valence-electron chi connectivity index (χ3n) is 3.11. The number of carboxylic acids is 1. The molecule has 110 valence electrons. The fourth-order valence-electron chi connectivity index (χ4n) is 2.04. The van der Waals surface area contributed by atoms with E-state index in [9.17, 15) is 22.8 Å². The first-order chi connectivity index (χ1) is 8.78. The predicted molar refractivity (Wildman–Crippen MR) is 60.6 cm³/mol. The first-order valence-electron chi connectivity index (χ1n) is 6.09. The molecule has 0 spiro atoms. The van der Waals surface area contributed by atoms with Gasteiger partial charge in [0.05, 0.1) is 0 Å². The number of nitrogens with one attached hydrogen (secondary N) is 1. The summed E-state index contributed by atoms with van der Waals surface area (Å²) in [6.45, 7) is -0.591. The van der Waals surface area contributed by atoms with Crippen LogP contribution in [0.25, 0.3) is 0 Å². The lowest BCUT2D eigenvalue weighted by atomic mass is 9.92. The smallest absolute Gasteiger partial charge is 0.405 e. The summed E-state index contributed by atoms with van der Waals surface area (Å²) >= 11 is 0. The standard InChI is InChI=1S/C11H17F3N2O3/c12-11(13,14)7-15-10(19)16-5-3-8(4-6-16)1-2-9(17)18/h8H,1-7H2,(H,15,19)(H,17,18). The number of likely N-dealkylation sites (tertiary alicyclic amines) is 1. The first-order valence-corrected chi connectivity index (χ1v) is 6.09. The highest BCUT2D eigenvalue weighted by atomic mass is 19.4. The maximum Gasteiger partial charge on any atom is 0.405 e. The van der Waals surface area contributed by atoms with Gasteiger partial charge in [-0.15, -0.1) is 0 Å². The van der Waals surface area contributed by atoms with Gasteiger partial charge in [0.2, 0.25) is 0 Å². The van der Waals surface area contributed by atoms with Gasteiger partial charge in [0.25, 0.3) is 0 Å². The van der Waals surface area contributed by atoms with Crippen LogP contribution in [-0.4, -0.2) is 47.8 Å². The topological polar surface area (TPSA) is 69.6 Å². The number of amides is 2. The molecule has 19 heavy (non-hydrogen) atoms. The van der Waals surface area contributed by atoms with E-state index in [0.29, 0.717) is 32.4 Å². The number of nitrogens with zero attached hydrogens (tertiary/aromatic N) is 1. The molecule has 0 saturated carbocycles. The number of halogens is 3. The van der Waals surface area contributed by atoms with Gasteiger partial charge in [-0.05, 0) is 25.2 Å². The molecule has 2 N–H and O–H groups in total. The molecule has 0 atom stereocenters.